The predicted molar refractivity (Wildman–Crippen MR) is 115 cm³/mol. The molecule has 9 heteroatoms. The molecular weight excluding hydrogens is 426 g/mol. The molecule has 0 saturated heterocycles. The lowest BCUT2D eigenvalue weighted by Gasteiger charge is -2.08. The first-order valence-electron chi connectivity index (χ1n) is 8.75. The summed E-state index contributed by atoms with van der Waals surface area (Å²) in [5.74, 6) is -1.34. The second kappa shape index (κ2) is 8.40. The zero-order chi connectivity index (χ0) is 21.1. The van der Waals surface area contributed by atoms with Crippen LogP contribution in [0.5, 0.6) is 0 Å². The molecule has 0 aliphatic carbocycles. The maximum Gasteiger partial charge on any atom is 0.305 e. The molecule has 30 heavy (non-hydrogen) atoms. The highest BCUT2D eigenvalue weighted by molar-refractivity contribution is 7.21. The van der Waals surface area contributed by atoms with Gasteiger partial charge < -0.3 is 9.73 Å². The van der Waals surface area contributed by atoms with Gasteiger partial charge in [0.25, 0.3) is 11.8 Å². The molecule has 2 aromatic heterocycles. The molecule has 3 N–H and O–H groups in total. The summed E-state index contributed by atoms with van der Waals surface area (Å²) in [5.41, 5.74) is 5.35. The van der Waals surface area contributed by atoms with E-state index in [0.29, 0.717) is 21.2 Å². The van der Waals surface area contributed by atoms with Crippen molar-refractivity contribution in [3.05, 3.63) is 88.2 Å². The molecule has 2 aromatic carbocycles. The van der Waals surface area contributed by atoms with Gasteiger partial charge in [0, 0.05) is 21.3 Å². The third-order valence-corrected chi connectivity index (χ3v) is 5.85. The third kappa shape index (κ3) is 4.05. The number of hydrogen-bond donors (Lipinski definition) is 3. The van der Waals surface area contributed by atoms with Crippen molar-refractivity contribution in [1.82, 2.24) is 10.9 Å². The molecule has 0 aliphatic heterocycles. The van der Waals surface area contributed by atoms with E-state index in [0.717, 1.165) is 10.1 Å². The summed E-state index contributed by atoms with van der Waals surface area (Å²) < 4.78 is 5.87. The van der Waals surface area contributed by atoms with Gasteiger partial charge in [-0.15, -0.1) is 11.3 Å². The first-order valence-corrected chi connectivity index (χ1v) is 9.95. The number of anilines is 1. The van der Waals surface area contributed by atoms with E-state index in [2.05, 4.69) is 16.2 Å². The Morgan fingerprint density at radius 2 is 1.57 bits per heavy atom. The van der Waals surface area contributed by atoms with E-state index >= 15 is 0 Å². The van der Waals surface area contributed by atoms with E-state index in [-0.39, 0.29) is 11.7 Å². The number of benzene rings is 2. The maximum atomic E-state index is 12.6. The molecule has 7 nitrogen and oxygen atoms in total. The van der Waals surface area contributed by atoms with Crippen LogP contribution in [-0.4, -0.2) is 17.7 Å². The second-order valence-corrected chi connectivity index (χ2v) is 7.59. The Morgan fingerprint density at radius 1 is 0.833 bits per heavy atom. The number of furan rings is 1. The van der Waals surface area contributed by atoms with E-state index in [1.165, 1.54) is 35.8 Å². The van der Waals surface area contributed by atoms with Crippen molar-refractivity contribution in [3.63, 3.8) is 0 Å². The van der Waals surface area contributed by atoms with E-state index in [4.69, 9.17) is 16.0 Å². The minimum Gasteiger partial charge on any atom is -0.459 e. The minimum atomic E-state index is -0.572. The number of nitrogens with one attached hydrogen (secondary N) is 3. The van der Waals surface area contributed by atoms with Crippen molar-refractivity contribution in [3.8, 4) is 0 Å². The zero-order valence-corrected chi connectivity index (χ0v) is 16.8. The number of rotatable bonds is 4. The topological polar surface area (TPSA) is 100 Å². The summed E-state index contributed by atoms with van der Waals surface area (Å²) in [6.07, 6.45) is 1.36. The molecule has 0 spiro atoms. The third-order valence-electron chi connectivity index (χ3n) is 4.18. The fraction of sp³-hybridized carbons (Fsp3) is 0. The van der Waals surface area contributed by atoms with Crippen molar-refractivity contribution >= 4 is 56.4 Å². The van der Waals surface area contributed by atoms with E-state index in [9.17, 15) is 14.4 Å². The lowest BCUT2D eigenvalue weighted by molar-refractivity contribution is 0.0831. The van der Waals surface area contributed by atoms with Gasteiger partial charge in [-0.3, -0.25) is 25.2 Å². The van der Waals surface area contributed by atoms with Gasteiger partial charge in [0.1, 0.15) is 4.88 Å². The normalized spacial score (nSPS) is 10.6. The maximum absolute atomic E-state index is 12.6. The summed E-state index contributed by atoms with van der Waals surface area (Å²) in [4.78, 5) is 36.9. The molecule has 0 bridgehead atoms. The number of halogens is 1. The number of hydrazine groups is 1. The smallest absolute Gasteiger partial charge is 0.305 e. The first kappa shape index (κ1) is 19.7. The van der Waals surface area contributed by atoms with Crippen molar-refractivity contribution < 1.29 is 18.8 Å². The molecular formula is C21H14ClN3O4S. The summed E-state index contributed by atoms with van der Waals surface area (Å²) in [6.45, 7) is 0. The molecule has 4 aromatic rings. The summed E-state index contributed by atoms with van der Waals surface area (Å²) in [6, 6.07) is 16.8. The van der Waals surface area contributed by atoms with Gasteiger partial charge in [-0.2, -0.15) is 0 Å². The fourth-order valence-electron chi connectivity index (χ4n) is 2.71. The van der Waals surface area contributed by atoms with Gasteiger partial charge in [0.05, 0.1) is 11.3 Å². The first-order chi connectivity index (χ1) is 14.5. The highest BCUT2D eigenvalue weighted by Crippen LogP contribution is 2.35. The molecule has 0 fully saturated rings. The van der Waals surface area contributed by atoms with Gasteiger partial charge in [0.15, 0.2) is 5.76 Å². The lowest BCUT2D eigenvalue weighted by Crippen LogP contribution is -2.41. The van der Waals surface area contributed by atoms with Crippen molar-refractivity contribution in [2.75, 3.05) is 5.32 Å². The lowest BCUT2D eigenvalue weighted by atomic mass is 10.2. The summed E-state index contributed by atoms with van der Waals surface area (Å²) in [5, 5.41) is 4.01. The van der Waals surface area contributed by atoms with Crippen LogP contribution in [0.1, 0.15) is 30.6 Å². The van der Waals surface area contributed by atoms with Crippen LogP contribution in [0.2, 0.25) is 5.02 Å². The van der Waals surface area contributed by atoms with Crippen LogP contribution in [0, 0.1) is 0 Å². The highest BCUT2D eigenvalue weighted by Gasteiger charge is 2.17. The molecule has 0 aliphatic rings. The van der Waals surface area contributed by atoms with Gasteiger partial charge >= 0.3 is 5.91 Å². The van der Waals surface area contributed by atoms with Crippen LogP contribution in [0.3, 0.4) is 0 Å². The molecule has 0 unspecified atom stereocenters. The molecule has 0 atom stereocenters. The van der Waals surface area contributed by atoms with Crippen molar-refractivity contribution in [2.45, 2.75) is 0 Å². The van der Waals surface area contributed by atoms with Gasteiger partial charge in [0.2, 0.25) is 0 Å². The fourth-order valence-corrected chi connectivity index (χ4v) is 4.12. The Labute approximate surface area is 179 Å². The Morgan fingerprint density at radius 3 is 2.27 bits per heavy atom. The van der Waals surface area contributed by atoms with E-state index in [1.54, 1.807) is 18.2 Å². The Hall–Kier alpha value is -3.62. The minimum absolute atomic E-state index is 0.0771. The van der Waals surface area contributed by atoms with Crippen LogP contribution >= 0.6 is 22.9 Å². The Balaban J connectivity index is 1.39. The summed E-state index contributed by atoms with van der Waals surface area (Å²) in [7, 11) is 0. The average Bonchev–Trinajstić information content (AvgIpc) is 3.41. The van der Waals surface area contributed by atoms with E-state index in [1.807, 2.05) is 24.3 Å². The average molecular weight is 440 g/mol. The van der Waals surface area contributed by atoms with Gasteiger partial charge in [-0.1, -0.05) is 29.8 Å². The van der Waals surface area contributed by atoms with Gasteiger partial charge in [-0.05, 0) is 42.5 Å². The second-order valence-electron chi connectivity index (χ2n) is 6.16. The number of amides is 3. The van der Waals surface area contributed by atoms with Crippen LogP contribution in [0.15, 0.2) is 71.3 Å². The molecule has 2 heterocycles. The molecule has 3 amide bonds. The van der Waals surface area contributed by atoms with Crippen LogP contribution in [0.4, 0.5) is 5.69 Å². The quantitative estimate of drug-likeness (QED) is 0.408. The molecule has 0 radical (unpaired) electrons. The van der Waals surface area contributed by atoms with Crippen LogP contribution in [0.25, 0.3) is 10.1 Å². The van der Waals surface area contributed by atoms with Crippen molar-refractivity contribution in [1.29, 1.82) is 0 Å². The summed E-state index contributed by atoms with van der Waals surface area (Å²) >= 11 is 7.65. The standard InChI is InChI=1S/C21H14ClN3O4S/c22-17-14-4-1-2-6-16(14)30-18(17)21(28)23-13-9-7-12(8-10-13)19(26)24-25-20(27)15-5-3-11-29-15/h1-11H,(H,23,28)(H,24,26)(H,25,27). The molecule has 150 valence electrons. The number of carbonyl (C=O) groups is 3. The number of hydrogen-bond acceptors (Lipinski definition) is 5. The largest absolute Gasteiger partial charge is 0.459 e. The number of carbonyl (C=O) groups excluding carboxylic acids is 3. The van der Waals surface area contributed by atoms with Crippen LogP contribution in [-0.2, 0) is 0 Å². The van der Waals surface area contributed by atoms with Gasteiger partial charge in [-0.25, -0.2) is 0 Å². The Bertz CT molecular complexity index is 1230. The van der Waals surface area contributed by atoms with Crippen LogP contribution < -0.4 is 16.2 Å². The zero-order valence-electron chi connectivity index (χ0n) is 15.3. The predicted octanol–water partition coefficient (Wildman–Crippen LogP) is 4.47. The Kier molecular flexibility index (Phi) is 5.51. The number of fused-ring (bicyclic) bond motifs is 1. The number of thiophene rings is 1. The van der Waals surface area contributed by atoms with E-state index < -0.39 is 11.8 Å². The van der Waals surface area contributed by atoms with Crippen molar-refractivity contribution in [2.24, 2.45) is 0 Å². The molecule has 4 rings (SSSR count). The molecule has 0 saturated carbocycles. The highest BCUT2D eigenvalue weighted by atomic mass is 35.5. The monoisotopic (exact) mass is 439 g/mol. The SMILES string of the molecule is O=C(NNC(=O)c1ccco1)c1ccc(NC(=O)c2sc3ccccc3c2Cl)cc1.